The van der Waals surface area contributed by atoms with Gasteiger partial charge < -0.3 is 14.2 Å². The fourth-order valence-electron chi connectivity index (χ4n) is 4.81. The number of hydrogen-bond donors (Lipinski definition) is 0. The smallest absolute Gasteiger partial charge is 0.131 e. The summed E-state index contributed by atoms with van der Waals surface area (Å²) in [5.74, 6) is 2.50. The lowest BCUT2D eigenvalue weighted by Crippen LogP contribution is -2.47. The summed E-state index contributed by atoms with van der Waals surface area (Å²) in [5, 5.41) is 0.962. The second kappa shape index (κ2) is 12.8. The number of rotatable bonds is 11. The Morgan fingerprint density at radius 1 is 0.763 bits per heavy atom. The van der Waals surface area contributed by atoms with Crippen LogP contribution >= 0.6 is 0 Å². The maximum atomic E-state index is 6.41. The molecule has 0 amide bonds. The van der Waals surface area contributed by atoms with Crippen LogP contribution in [0.4, 0.5) is 0 Å². The van der Waals surface area contributed by atoms with Gasteiger partial charge in [0.25, 0.3) is 0 Å². The van der Waals surface area contributed by atoms with Gasteiger partial charge in [-0.05, 0) is 54.4 Å². The zero-order valence-corrected chi connectivity index (χ0v) is 22.4. The van der Waals surface area contributed by atoms with Crippen molar-refractivity contribution in [3.8, 4) is 28.5 Å². The second-order valence-electron chi connectivity index (χ2n) is 9.71. The van der Waals surface area contributed by atoms with E-state index in [1.54, 1.807) is 7.11 Å². The van der Waals surface area contributed by atoms with Gasteiger partial charge in [-0.25, -0.2) is 4.98 Å². The standard InChI is InChI=1S/C32H37N3O3/c1-3-20-37-27-11-9-26(10-12-27)31-23-32(29-22-28(36-2)13-14-30(29)33-31)38-21-19-34-15-17-35(18-16-34)24-25-7-5-4-6-8-25/h4-14,22-23H,3,15-21,24H2,1-2H3. The van der Waals surface area contributed by atoms with E-state index in [2.05, 4.69) is 59.2 Å². The molecule has 1 saturated heterocycles. The molecular formula is C32H37N3O3. The zero-order chi connectivity index (χ0) is 26.2. The number of nitrogens with zero attached hydrogens (tertiary/aromatic N) is 3. The Hall–Kier alpha value is -3.61. The second-order valence-corrected chi connectivity index (χ2v) is 9.71. The predicted molar refractivity (Wildman–Crippen MR) is 153 cm³/mol. The lowest BCUT2D eigenvalue weighted by Gasteiger charge is -2.34. The molecule has 4 aromatic rings. The minimum absolute atomic E-state index is 0.623. The normalized spacial score (nSPS) is 14.5. The van der Waals surface area contributed by atoms with E-state index in [4.69, 9.17) is 19.2 Å². The number of pyridine rings is 1. The Balaban J connectivity index is 1.24. The molecule has 198 valence electrons. The van der Waals surface area contributed by atoms with E-state index in [-0.39, 0.29) is 0 Å². The lowest BCUT2D eigenvalue weighted by atomic mass is 10.1. The molecule has 1 aliphatic rings. The number of piperazine rings is 1. The first-order chi connectivity index (χ1) is 18.7. The third kappa shape index (κ3) is 6.63. The average Bonchev–Trinajstić information content (AvgIpc) is 2.97. The summed E-state index contributed by atoms with van der Waals surface area (Å²) in [6.45, 7) is 9.62. The topological polar surface area (TPSA) is 47.1 Å². The van der Waals surface area contributed by atoms with E-state index in [1.165, 1.54) is 5.56 Å². The molecule has 2 heterocycles. The van der Waals surface area contributed by atoms with Gasteiger partial charge in [0.1, 0.15) is 23.9 Å². The van der Waals surface area contributed by atoms with Crippen molar-refractivity contribution >= 4 is 10.9 Å². The number of fused-ring (bicyclic) bond motifs is 1. The van der Waals surface area contributed by atoms with Gasteiger partial charge in [-0.3, -0.25) is 9.80 Å². The average molecular weight is 512 g/mol. The molecule has 1 aromatic heterocycles. The van der Waals surface area contributed by atoms with Gasteiger partial charge in [-0.2, -0.15) is 0 Å². The molecule has 1 fully saturated rings. The molecule has 0 N–H and O–H groups in total. The Morgan fingerprint density at radius 3 is 2.24 bits per heavy atom. The molecule has 0 radical (unpaired) electrons. The van der Waals surface area contributed by atoms with E-state index in [9.17, 15) is 0 Å². The van der Waals surface area contributed by atoms with Crippen LogP contribution in [-0.2, 0) is 6.54 Å². The van der Waals surface area contributed by atoms with Crippen molar-refractivity contribution in [2.24, 2.45) is 0 Å². The summed E-state index contributed by atoms with van der Waals surface area (Å²) in [6, 6.07) is 26.8. The fraction of sp³-hybridized carbons (Fsp3) is 0.344. The number of hydrogen-bond acceptors (Lipinski definition) is 6. The van der Waals surface area contributed by atoms with Crippen molar-refractivity contribution in [1.82, 2.24) is 14.8 Å². The molecule has 0 aliphatic carbocycles. The number of aromatic nitrogens is 1. The molecule has 5 rings (SSSR count). The van der Waals surface area contributed by atoms with Gasteiger partial charge in [-0.15, -0.1) is 0 Å². The van der Waals surface area contributed by atoms with Gasteiger partial charge in [-0.1, -0.05) is 37.3 Å². The highest BCUT2D eigenvalue weighted by atomic mass is 16.5. The van der Waals surface area contributed by atoms with Crippen LogP contribution in [0.25, 0.3) is 22.2 Å². The van der Waals surface area contributed by atoms with Gasteiger partial charge >= 0.3 is 0 Å². The van der Waals surface area contributed by atoms with E-state index < -0.39 is 0 Å². The number of ether oxygens (including phenoxy) is 3. The van der Waals surface area contributed by atoms with Gasteiger partial charge in [0.15, 0.2) is 0 Å². The minimum atomic E-state index is 0.623. The Morgan fingerprint density at radius 2 is 1.50 bits per heavy atom. The maximum absolute atomic E-state index is 6.41. The van der Waals surface area contributed by atoms with Crippen LogP contribution in [-0.4, -0.2) is 67.8 Å². The first-order valence-electron chi connectivity index (χ1n) is 13.6. The van der Waals surface area contributed by atoms with Crippen molar-refractivity contribution in [3.63, 3.8) is 0 Å². The van der Waals surface area contributed by atoms with Crippen LogP contribution in [0.15, 0.2) is 78.9 Å². The molecule has 0 saturated carbocycles. The molecule has 0 atom stereocenters. The summed E-state index contributed by atoms with van der Waals surface area (Å²) >= 11 is 0. The minimum Gasteiger partial charge on any atom is -0.497 e. The molecule has 0 spiro atoms. The predicted octanol–water partition coefficient (Wildman–Crippen LogP) is 5.90. The van der Waals surface area contributed by atoms with Crippen molar-refractivity contribution < 1.29 is 14.2 Å². The van der Waals surface area contributed by atoms with E-state index in [1.807, 2.05) is 36.4 Å². The van der Waals surface area contributed by atoms with E-state index >= 15 is 0 Å². The zero-order valence-electron chi connectivity index (χ0n) is 22.4. The third-order valence-electron chi connectivity index (χ3n) is 6.98. The molecular weight excluding hydrogens is 474 g/mol. The molecule has 6 nitrogen and oxygen atoms in total. The fourth-order valence-corrected chi connectivity index (χ4v) is 4.81. The van der Waals surface area contributed by atoms with Crippen LogP contribution in [0.2, 0.25) is 0 Å². The van der Waals surface area contributed by atoms with Crippen LogP contribution < -0.4 is 14.2 Å². The highest BCUT2D eigenvalue weighted by molar-refractivity contribution is 5.89. The molecule has 38 heavy (non-hydrogen) atoms. The molecule has 0 unspecified atom stereocenters. The van der Waals surface area contributed by atoms with Crippen molar-refractivity contribution in [2.45, 2.75) is 19.9 Å². The SMILES string of the molecule is CCCOc1ccc(-c2cc(OCCN3CCN(Cc4ccccc4)CC3)c3cc(OC)ccc3n2)cc1. The van der Waals surface area contributed by atoms with Crippen molar-refractivity contribution in [2.75, 3.05) is 53.0 Å². The highest BCUT2D eigenvalue weighted by Crippen LogP contribution is 2.33. The van der Waals surface area contributed by atoms with Crippen molar-refractivity contribution in [1.29, 1.82) is 0 Å². The Labute approximate surface area is 225 Å². The number of benzene rings is 3. The van der Waals surface area contributed by atoms with Crippen LogP contribution in [0, 0.1) is 0 Å². The van der Waals surface area contributed by atoms with Gasteiger partial charge in [0, 0.05) is 56.3 Å². The summed E-state index contributed by atoms with van der Waals surface area (Å²) in [5.41, 5.74) is 4.18. The lowest BCUT2D eigenvalue weighted by molar-refractivity contribution is 0.113. The monoisotopic (exact) mass is 511 g/mol. The number of methoxy groups -OCH3 is 1. The van der Waals surface area contributed by atoms with Crippen LogP contribution in [0.3, 0.4) is 0 Å². The van der Waals surface area contributed by atoms with Gasteiger partial charge in [0.2, 0.25) is 0 Å². The van der Waals surface area contributed by atoms with E-state index in [0.717, 1.165) is 91.7 Å². The van der Waals surface area contributed by atoms with Gasteiger partial charge in [0.05, 0.1) is 24.9 Å². The first kappa shape index (κ1) is 26.0. The van der Waals surface area contributed by atoms with Crippen LogP contribution in [0.5, 0.6) is 17.2 Å². The highest BCUT2D eigenvalue weighted by Gasteiger charge is 2.17. The Bertz CT molecular complexity index is 1300. The maximum Gasteiger partial charge on any atom is 0.131 e. The first-order valence-corrected chi connectivity index (χ1v) is 13.6. The summed E-state index contributed by atoms with van der Waals surface area (Å²) in [7, 11) is 1.68. The Kier molecular flexibility index (Phi) is 8.74. The summed E-state index contributed by atoms with van der Waals surface area (Å²) in [6.07, 6.45) is 0.988. The van der Waals surface area contributed by atoms with Crippen molar-refractivity contribution in [3.05, 3.63) is 84.4 Å². The molecule has 6 heteroatoms. The summed E-state index contributed by atoms with van der Waals surface area (Å²) < 4.78 is 17.6. The summed E-state index contributed by atoms with van der Waals surface area (Å²) in [4.78, 5) is 9.94. The van der Waals surface area contributed by atoms with E-state index in [0.29, 0.717) is 6.61 Å². The van der Waals surface area contributed by atoms with Crippen LogP contribution in [0.1, 0.15) is 18.9 Å². The quantitative estimate of drug-likeness (QED) is 0.250. The molecule has 0 bridgehead atoms. The third-order valence-corrected chi connectivity index (χ3v) is 6.98. The largest absolute Gasteiger partial charge is 0.497 e. The molecule has 1 aliphatic heterocycles. The molecule has 3 aromatic carbocycles.